The Kier molecular flexibility index (Phi) is 8.27. The first-order valence-corrected chi connectivity index (χ1v) is 14.0. The third-order valence-corrected chi connectivity index (χ3v) is 8.90. The molecule has 7 heteroatoms. The van der Waals surface area contributed by atoms with E-state index in [1.54, 1.807) is 18.3 Å². The van der Waals surface area contributed by atoms with Crippen LogP contribution in [-0.2, 0) is 33.0 Å². The molecule has 0 saturated carbocycles. The molecule has 0 amide bonds. The minimum Gasteiger partial charge on any atom is -0.598 e. The molecule has 192 valence electrons. The van der Waals surface area contributed by atoms with Crippen LogP contribution in [-0.4, -0.2) is 27.0 Å². The quantitative estimate of drug-likeness (QED) is 0.156. The largest absolute Gasteiger partial charge is 0.598 e. The lowest BCUT2D eigenvalue weighted by atomic mass is 9.89. The van der Waals surface area contributed by atoms with Gasteiger partial charge in [-0.2, -0.15) is 0 Å². The molecule has 0 saturated heterocycles. The van der Waals surface area contributed by atoms with E-state index in [0.29, 0.717) is 13.2 Å². The molecule has 0 aliphatic carbocycles. The summed E-state index contributed by atoms with van der Waals surface area (Å²) < 4.78 is 23.4. The van der Waals surface area contributed by atoms with E-state index in [1.807, 2.05) is 75.4 Å². The summed E-state index contributed by atoms with van der Waals surface area (Å²) in [7, 11) is 0. The summed E-state index contributed by atoms with van der Waals surface area (Å²) in [6, 6.07) is 22.1. The van der Waals surface area contributed by atoms with E-state index in [2.05, 4.69) is 28.7 Å². The van der Waals surface area contributed by atoms with Gasteiger partial charge in [0.2, 0.25) is 0 Å². The van der Waals surface area contributed by atoms with E-state index in [1.165, 1.54) is 0 Å². The van der Waals surface area contributed by atoms with Gasteiger partial charge in [-0.15, -0.1) is 16.1 Å². The zero-order valence-electron chi connectivity index (χ0n) is 21.5. The number of benzene rings is 3. The van der Waals surface area contributed by atoms with Crippen LogP contribution in [0.15, 0.2) is 66.7 Å². The van der Waals surface area contributed by atoms with Gasteiger partial charge in [0.25, 0.3) is 0 Å². The highest BCUT2D eigenvalue weighted by Crippen LogP contribution is 2.38. The first-order chi connectivity index (χ1) is 17.5. The molecule has 1 heterocycles. The number of carboxylic acids is 1. The Morgan fingerprint density at radius 3 is 2.38 bits per heavy atom. The minimum atomic E-state index is -1.44. The average Bonchev–Trinajstić information content (AvgIpc) is 3.20. The topological polar surface area (TPSA) is 81.6 Å². The number of thiophene rings is 1. The highest BCUT2D eigenvalue weighted by Gasteiger charge is 2.39. The molecule has 0 spiro atoms. The maximum Gasteiger partial charge on any atom is 0.305 e. The molecule has 0 fully saturated rings. The van der Waals surface area contributed by atoms with Gasteiger partial charge in [-0.1, -0.05) is 48.2 Å². The van der Waals surface area contributed by atoms with Crippen LogP contribution in [0.1, 0.15) is 50.8 Å². The molecule has 0 bridgehead atoms. The number of aliphatic carboxylic acids is 1. The van der Waals surface area contributed by atoms with Gasteiger partial charge in [0.05, 0.1) is 18.6 Å². The van der Waals surface area contributed by atoms with Crippen molar-refractivity contribution < 1.29 is 19.2 Å². The number of nitrogens with one attached hydrogen (secondary N) is 1. The molecular weight excluding hydrogens is 502 g/mol. The van der Waals surface area contributed by atoms with E-state index >= 15 is 0 Å². The van der Waals surface area contributed by atoms with E-state index < -0.39 is 27.6 Å². The van der Waals surface area contributed by atoms with Gasteiger partial charge in [-0.05, 0) is 69.2 Å². The molecule has 3 aromatic carbocycles. The number of hydrogen-bond acceptors (Lipinski definition) is 5. The summed E-state index contributed by atoms with van der Waals surface area (Å²) in [6.45, 7) is 8.25. The Bertz CT molecular complexity index is 1460. The number of fused-ring (bicyclic) bond motifs is 3. The molecule has 4 rings (SSSR count). The Balaban J connectivity index is 1.61. The summed E-state index contributed by atoms with van der Waals surface area (Å²) in [5.74, 6) is 5.33. The van der Waals surface area contributed by atoms with Crippen molar-refractivity contribution in [2.75, 3.05) is 6.61 Å². The lowest BCUT2D eigenvalue weighted by Gasteiger charge is -2.34. The number of hydrogen-bond donors (Lipinski definition) is 2. The monoisotopic (exact) mass is 533 g/mol. The van der Waals surface area contributed by atoms with Crippen LogP contribution in [0.5, 0.6) is 0 Å². The lowest BCUT2D eigenvalue weighted by Crippen LogP contribution is -2.50. The molecule has 0 aliphatic heterocycles. The second kappa shape index (κ2) is 11.3. The molecule has 5 nitrogen and oxygen atoms in total. The van der Waals surface area contributed by atoms with Crippen molar-refractivity contribution in [2.24, 2.45) is 0 Å². The van der Waals surface area contributed by atoms with Crippen molar-refractivity contribution >= 4 is 48.8 Å². The van der Waals surface area contributed by atoms with Crippen molar-refractivity contribution in [2.45, 2.75) is 51.0 Å². The number of ether oxygens (including phenoxy) is 1. The van der Waals surface area contributed by atoms with Crippen LogP contribution in [0.25, 0.3) is 20.2 Å². The summed E-state index contributed by atoms with van der Waals surface area (Å²) in [5.41, 5.74) is 1.79. The Labute approximate surface area is 225 Å². The van der Waals surface area contributed by atoms with Crippen LogP contribution in [0.3, 0.4) is 0 Å². The van der Waals surface area contributed by atoms with Crippen molar-refractivity contribution in [3.8, 4) is 11.8 Å². The standard InChI is InChI=1S/C30H31NO4S2/c1-29(2,3)37(34)31-30(4,19-28(32)33)23-13-15-27-25(18-23)24-17-21(12-14-26(24)36-27)11-8-16-35-20-22-9-6-5-7-10-22/h5-7,9-10,12-15,17-18,31H,16,19-20H2,1-4H3,(H,32,33)/t30-,37+/m0/s1. The third kappa shape index (κ3) is 6.72. The fourth-order valence-electron chi connectivity index (χ4n) is 3.99. The molecule has 0 aliphatic rings. The maximum absolute atomic E-state index is 12.9. The fraction of sp³-hybridized carbons (Fsp3) is 0.300. The lowest BCUT2D eigenvalue weighted by molar-refractivity contribution is -0.138. The Hall–Kier alpha value is -2.86. The van der Waals surface area contributed by atoms with Gasteiger partial charge in [0.15, 0.2) is 0 Å². The fourth-order valence-corrected chi connectivity index (χ4v) is 5.96. The Morgan fingerprint density at radius 1 is 1.03 bits per heavy atom. The van der Waals surface area contributed by atoms with E-state index in [-0.39, 0.29) is 6.42 Å². The normalized spacial score (nSPS) is 14.2. The van der Waals surface area contributed by atoms with Crippen molar-refractivity contribution in [3.05, 3.63) is 83.4 Å². The summed E-state index contributed by atoms with van der Waals surface area (Å²) in [5, 5.41) is 11.7. The Morgan fingerprint density at radius 2 is 1.70 bits per heavy atom. The van der Waals surface area contributed by atoms with Crippen LogP contribution in [0.2, 0.25) is 0 Å². The van der Waals surface area contributed by atoms with Crippen molar-refractivity contribution in [3.63, 3.8) is 0 Å². The van der Waals surface area contributed by atoms with Crippen LogP contribution in [0, 0.1) is 11.8 Å². The number of rotatable bonds is 8. The van der Waals surface area contributed by atoms with E-state index in [4.69, 9.17) is 4.74 Å². The summed E-state index contributed by atoms with van der Waals surface area (Å²) >= 11 is 0.244. The predicted molar refractivity (Wildman–Crippen MR) is 153 cm³/mol. The minimum absolute atomic E-state index is 0.192. The first kappa shape index (κ1) is 27.2. The predicted octanol–water partition coefficient (Wildman–Crippen LogP) is 6.36. The number of carbonyl (C=O) groups is 1. The highest BCUT2D eigenvalue weighted by molar-refractivity contribution is 7.90. The summed E-state index contributed by atoms with van der Waals surface area (Å²) in [4.78, 5) is 11.8. The smallest absolute Gasteiger partial charge is 0.305 e. The van der Waals surface area contributed by atoms with Gasteiger partial charge in [0.1, 0.15) is 11.4 Å². The maximum atomic E-state index is 12.9. The first-order valence-electron chi connectivity index (χ1n) is 12.0. The van der Waals surface area contributed by atoms with Crippen molar-refractivity contribution in [1.82, 2.24) is 4.72 Å². The van der Waals surface area contributed by atoms with Crippen LogP contribution in [0.4, 0.5) is 0 Å². The molecule has 37 heavy (non-hydrogen) atoms. The zero-order chi connectivity index (χ0) is 26.6. The van der Waals surface area contributed by atoms with Gasteiger partial charge in [0, 0.05) is 37.1 Å². The highest BCUT2D eigenvalue weighted by atomic mass is 32.2. The molecule has 4 aromatic rings. The van der Waals surface area contributed by atoms with Crippen LogP contribution < -0.4 is 4.72 Å². The molecular formula is C30H31NO4S2. The third-order valence-electron chi connectivity index (χ3n) is 6.00. The molecule has 1 aromatic heterocycles. The molecule has 2 atom stereocenters. The SMILES string of the molecule is CC(C)(C)[S@@+]([O-])N[C@@](C)(CC(=O)O)c1ccc2sc3ccc(C#CCOCc4ccccc4)cc3c2c1. The summed E-state index contributed by atoms with van der Waals surface area (Å²) in [6.07, 6.45) is -0.192. The van der Waals surface area contributed by atoms with Gasteiger partial charge in [-0.3, -0.25) is 4.79 Å². The average molecular weight is 534 g/mol. The zero-order valence-corrected chi connectivity index (χ0v) is 23.1. The van der Waals surface area contributed by atoms with Gasteiger partial charge >= 0.3 is 5.97 Å². The molecule has 0 unspecified atom stereocenters. The van der Waals surface area contributed by atoms with Gasteiger partial charge < -0.3 is 14.4 Å². The van der Waals surface area contributed by atoms with Crippen LogP contribution >= 0.6 is 11.3 Å². The second-order valence-corrected chi connectivity index (χ2v) is 13.2. The van der Waals surface area contributed by atoms with E-state index in [9.17, 15) is 14.5 Å². The number of carboxylic acid groups (broad SMARTS) is 1. The molecule has 2 N–H and O–H groups in total. The van der Waals surface area contributed by atoms with E-state index in [0.717, 1.165) is 36.9 Å². The second-order valence-electron chi connectivity index (χ2n) is 10.2. The van der Waals surface area contributed by atoms with Gasteiger partial charge in [-0.25, -0.2) is 0 Å². The van der Waals surface area contributed by atoms with Crippen molar-refractivity contribution in [1.29, 1.82) is 0 Å². The molecule has 0 radical (unpaired) electrons.